The smallest absolute Gasteiger partial charge is 0.161 e. The van der Waals surface area contributed by atoms with Crippen molar-refractivity contribution < 1.29 is 4.74 Å². The molecule has 1 aliphatic rings. The molecule has 17 heavy (non-hydrogen) atoms. The fourth-order valence-corrected chi connectivity index (χ4v) is 3.18. The molecule has 0 amide bonds. The Kier molecular flexibility index (Phi) is 4.43. The Morgan fingerprint density at radius 1 is 1.53 bits per heavy atom. The average molecular weight is 360 g/mol. The molecule has 1 unspecified atom stereocenters. The van der Waals surface area contributed by atoms with E-state index in [2.05, 4.69) is 61.0 Å². The molecule has 0 spiro atoms. The number of ether oxygens (including phenoxy) is 1. The van der Waals surface area contributed by atoms with E-state index in [9.17, 15) is 0 Å². The highest BCUT2D eigenvalue weighted by Crippen LogP contribution is 2.26. The number of anilines is 1. The molecule has 1 atom stereocenters. The van der Waals surface area contributed by atoms with Crippen LogP contribution in [0.3, 0.4) is 0 Å². The van der Waals surface area contributed by atoms with Crippen molar-refractivity contribution in [2.75, 3.05) is 24.6 Å². The largest absolute Gasteiger partial charge is 0.365 e. The zero-order valence-electron chi connectivity index (χ0n) is 9.20. The molecule has 3 nitrogen and oxygen atoms in total. The minimum absolute atomic E-state index is 0.321. The van der Waals surface area contributed by atoms with Crippen molar-refractivity contribution in [1.82, 2.24) is 0 Å². The Labute approximate surface area is 118 Å². The predicted molar refractivity (Wildman–Crippen MR) is 74.3 cm³/mol. The van der Waals surface area contributed by atoms with Crippen LogP contribution in [-0.4, -0.2) is 25.8 Å². The fourth-order valence-electron chi connectivity index (χ4n) is 1.80. The summed E-state index contributed by atoms with van der Waals surface area (Å²) < 4.78 is 6.42. The van der Waals surface area contributed by atoms with Gasteiger partial charge < -0.3 is 9.64 Å². The molecular weight excluding hydrogens is 348 g/mol. The summed E-state index contributed by atoms with van der Waals surface area (Å²) in [6.07, 6.45) is -0.321. The first-order valence-electron chi connectivity index (χ1n) is 5.35. The fraction of sp³-hybridized carbons (Fsp3) is 0.417. The van der Waals surface area contributed by atoms with E-state index in [0.29, 0.717) is 13.2 Å². The van der Waals surface area contributed by atoms with Gasteiger partial charge >= 0.3 is 0 Å². The second-order valence-electron chi connectivity index (χ2n) is 3.84. The van der Waals surface area contributed by atoms with E-state index < -0.39 is 0 Å². The first-order chi connectivity index (χ1) is 8.24. The first-order valence-corrected chi connectivity index (χ1v) is 7.26. The highest BCUT2D eigenvalue weighted by molar-refractivity contribution is 9.10. The molecule has 0 saturated carbocycles. The number of rotatable bonds is 2. The maximum absolute atomic E-state index is 8.88. The Morgan fingerprint density at radius 2 is 2.35 bits per heavy atom. The molecule has 1 fully saturated rings. The molecular formula is C12H12Br2N2O. The molecule has 0 aliphatic carbocycles. The molecule has 0 radical (unpaired) electrons. The number of hydrogen-bond acceptors (Lipinski definition) is 3. The van der Waals surface area contributed by atoms with E-state index in [0.717, 1.165) is 22.0 Å². The van der Waals surface area contributed by atoms with Gasteiger partial charge in [0.1, 0.15) is 0 Å². The standard InChI is InChI=1S/C12H12Br2N2O/c13-6-9-1-2-10(5-12(9)14)16-3-4-17-11(7-15)8-16/h1-2,5,11H,3-4,6,8H2. The monoisotopic (exact) mass is 358 g/mol. The zero-order valence-corrected chi connectivity index (χ0v) is 12.4. The van der Waals surface area contributed by atoms with E-state index >= 15 is 0 Å². The third-order valence-corrected chi connectivity index (χ3v) is 4.10. The predicted octanol–water partition coefficient (Wildman–Crippen LogP) is 3.07. The molecule has 1 aromatic carbocycles. The number of morpholine rings is 1. The van der Waals surface area contributed by atoms with E-state index in [4.69, 9.17) is 10.00 Å². The van der Waals surface area contributed by atoms with Gasteiger partial charge in [-0.25, -0.2) is 0 Å². The molecule has 5 heteroatoms. The minimum Gasteiger partial charge on any atom is -0.365 e. The van der Waals surface area contributed by atoms with E-state index in [1.807, 2.05) is 0 Å². The normalized spacial score (nSPS) is 20.1. The van der Waals surface area contributed by atoms with Gasteiger partial charge in [-0.1, -0.05) is 37.9 Å². The Hall–Kier alpha value is -0.570. The first kappa shape index (κ1) is 12.9. The molecule has 2 rings (SSSR count). The van der Waals surface area contributed by atoms with Crippen LogP contribution in [0, 0.1) is 11.3 Å². The van der Waals surface area contributed by atoms with Crippen LogP contribution in [0.15, 0.2) is 22.7 Å². The van der Waals surface area contributed by atoms with Gasteiger partial charge in [0.15, 0.2) is 6.10 Å². The molecule has 0 aromatic heterocycles. The van der Waals surface area contributed by atoms with Crippen LogP contribution in [0.5, 0.6) is 0 Å². The van der Waals surface area contributed by atoms with Gasteiger partial charge in [0.2, 0.25) is 0 Å². The molecule has 90 valence electrons. The maximum atomic E-state index is 8.88. The average Bonchev–Trinajstić information content (AvgIpc) is 2.38. The number of hydrogen-bond donors (Lipinski definition) is 0. The van der Waals surface area contributed by atoms with Gasteiger partial charge in [0.25, 0.3) is 0 Å². The summed E-state index contributed by atoms with van der Waals surface area (Å²) in [5, 5.41) is 9.71. The van der Waals surface area contributed by atoms with Crippen molar-refractivity contribution in [2.24, 2.45) is 0 Å². The van der Waals surface area contributed by atoms with Gasteiger partial charge in [-0.15, -0.1) is 0 Å². The Morgan fingerprint density at radius 3 is 3.00 bits per heavy atom. The van der Waals surface area contributed by atoms with Crippen molar-refractivity contribution in [3.05, 3.63) is 28.2 Å². The molecule has 0 bridgehead atoms. The van der Waals surface area contributed by atoms with Gasteiger partial charge in [-0.3, -0.25) is 0 Å². The lowest BCUT2D eigenvalue weighted by Gasteiger charge is -2.31. The topological polar surface area (TPSA) is 36.3 Å². The van der Waals surface area contributed by atoms with Crippen LogP contribution >= 0.6 is 31.9 Å². The summed E-state index contributed by atoms with van der Waals surface area (Å²) in [4.78, 5) is 2.18. The molecule has 1 saturated heterocycles. The third-order valence-electron chi connectivity index (χ3n) is 2.76. The van der Waals surface area contributed by atoms with Crippen LogP contribution in [-0.2, 0) is 10.1 Å². The van der Waals surface area contributed by atoms with Gasteiger partial charge in [0.05, 0.1) is 19.2 Å². The van der Waals surface area contributed by atoms with Crippen LogP contribution < -0.4 is 4.90 Å². The number of benzene rings is 1. The number of nitrogens with zero attached hydrogens (tertiary/aromatic N) is 2. The SMILES string of the molecule is N#CC1CN(c2ccc(CBr)c(Br)c2)CCO1. The second-order valence-corrected chi connectivity index (χ2v) is 5.26. The molecule has 0 N–H and O–H groups in total. The van der Waals surface area contributed by atoms with Gasteiger partial charge in [-0.2, -0.15) is 5.26 Å². The summed E-state index contributed by atoms with van der Waals surface area (Å²) >= 11 is 7.00. The number of alkyl halides is 1. The zero-order chi connectivity index (χ0) is 12.3. The Bertz CT molecular complexity index is 445. The number of halogens is 2. The molecule has 1 aliphatic heterocycles. The van der Waals surface area contributed by atoms with Crippen molar-refractivity contribution >= 4 is 37.5 Å². The van der Waals surface area contributed by atoms with E-state index in [1.165, 1.54) is 5.56 Å². The van der Waals surface area contributed by atoms with Crippen molar-refractivity contribution in [3.8, 4) is 6.07 Å². The van der Waals surface area contributed by atoms with Crippen molar-refractivity contribution in [1.29, 1.82) is 5.26 Å². The van der Waals surface area contributed by atoms with Crippen LogP contribution in [0.2, 0.25) is 0 Å². The highest BCUT2D eigenvalue weighted by Gasteiger charge is 2.20. The lowest BCUT2D eigenvalue weighted by atomic mass is 10.2. The van der Waals surface area contributed by atoms with Gasteiger partial charge in [0, 0.05) is 22.0 Å². The summed E-state index contributed by atoms with van der Waals surface area (Å²) in [6.45, 7) is 2.07. The minimum atomic E-state index is -0.321. The van der Waals surface area contributed by atoms with Gasteiger partial charge in [-0.05, 0) is 17.7 Å². The van der Waals surface area contributed by atoms with Crippen LogP contribution in [0.4, 0.5) is 5.69 Å². The summed E-state index contributed by atoms with van der Waals surface area (Å²) in [7, 11) is 0. The lowest BCUT2D eigenvalue weighted by molar-refractivity contribution is 0.0764. The summed E-state index contributed by atoms with van der Waals surface area (Å²) in [5.74, 6) is 0. The molecule has 1 aromatic rings. The van der Waals surface area contributed by atoms with E-state index in [-0.39, 0.29) is 6.10 Å². The highest BCUT2D eigenvalue weighted by atomic mass is 79.9. The Balaban J connectivity index is 2.17. The number of nitriles is 1. The summed E-state index contributed by atoms with van der Waals surface area (Å²) in [5.41, 5.74) is 2.35. The summed E-state index contributed by atoms with van der Waals surface area (Å²) in [6, 6.07) is 8.42. The maximum Gasteiger partial charge on any atom is 0.161 e. The van der Waals surface area contributed by atoms with Crippen LogP contribution in [0.1, 0.15) is 5.56 Å². The lowest BCUT2D eigenvalue weighted by Crippen LogP contribution is -2.41. The van der Waals surface area contributed by atoms with E-state index in [1.54, 1.807) is 0 Å². The van der Waals surface area contributed by atoms with Crippen LogP contribution in [0.25, 0.3) is 0 Å². The van der Waals surface area contributed by atoms with Crippen molar-refractivity contribution in [3.63, 3.8) is 0 Å². The molecule has 1 heterocycles. The second kappa shape index (κ2) is 5.85. The quantitative estimate of drug-likeness (QED) is 0.761. The third kappa shape index (κ3) is 3.01. The van der Waals surface area contributed by atoms with Crippen molar-refractivity contribution in [2.45, 2.75) is 11.4 Å².